The van der Waals surface area contributed by atoms with Crippen molar-refractivity contribution < 1.29 is 10.2 Å². The molecule has 2 heteroatoms. The Morgan fingerprint density at radius 1 is 0.917 bits per heavy atom. The van der Waals surface area contributed by atoms with Crippen LogP contribution in [0.4, 0.5) is 0 Å². The molecular weight excluding hydrogens is 296 g/mol. The third-order valence-corrected chi connectivity index (χ3v) is 9.69. The van der Waals surface area contributed by atoms with Gasteiger partial charge in [0.15, 0.2) is 0 Å². The van der Waals surface area contributed by atoms with Crippen LogP contribution in [0.2, 0.25) is 0 Å². The largest absolute Gasteiger partial charge is 0.396 e. The third kappa shape index (κ3) is 2.35. The molecule has 2 nitrogen and oxygen atoms in total. The first-order chi connectivity index (χ1) is 11.4. The van der Waals surface area contributed by atoms with Crippen LogP contribution in [0.1, 0.15) is 78.6 Å². The van der Waals surface area contributed by atoms with Crippen LogP contribution in [0.15, 0.2) is 0 Å². The van der Waals surface area contributed by atoms with Crippen LogP contribution in [0, 0.1) is 46.3 Å². The third-order valence-electron chi connectivity index (χ3n) is 9.69. The first-order valence-corrected chi connectivity index (χ1v) is 10.7. The van der Waals surface area contributed by atoms with Crippen LogP contribution in [-0.2, 0) is 0 Å². The highest BCUT2D eigenvalue weighted by Gasteiger charge is 2.60. The van der Waals surface area contributed by atoms with E-state index in [1.807, 2.05) is 0 Å². The Morgan fingerprint density at radius 2 is 1.62 bits per heavy atom. The average molecular weight is 335 g/mol. The molecule has 0 radical (unpaired) electrons. The number of hydrogen-bond donors (Lipinski definition) is 2. The summed E-state index contributed by atoms with van der Waals surface area (Å²) in [5.41, 5.74) is 0.963. The summed E-state index contributed by atoms with van der Waals surface area (Å²) >= 11 is 0. The van der Waals surface area contributed by atoms with E-state index in [1.54, 1.807) is 0 Å². The van der Waals surface area contributed by atoms with Crippen LogP contribution in [0.5, 0.6) is 0 Å². The predicted molar refractivity (Wildman–Crippen MR) is 97.5 cm³/mol. The molecule has 0 bridgehead atoms. The van der Waals surface area contributed by atoms with Crippen molar-refractivity contribution in [3.63, 3.8) is 0 Å². The molecule has 0 aliphatic heterocycles. The van der Waals surface area contributed by atoms with Gasteiger partial charge in [-0.1, -0.05) is 20.8 Å². The molecule has 0 aromatic carbocycles. The van der Waals surface area contributed by atoms with Crippen molar-refractivity contribution >= 4 is 0 Å². The SMILES string of the molecule is CC(CO)[C@H]1CC[C@H]2[C@@H]3CCC4CC(O)CC[C@]4(C)[C@H]3CC[C@]12C. The van der Waals surface area contributed by atoms with Gasteiger partial charge in [-0.25, -0.2) is 0 Å². The predicted octanol–water partition coefficient (Wildman–Crippen LogP) is 4.63. The van der Waals surface area contributed by atoms with E-state index in [1.165, 1.54) is 44.9 Å². The highest BCUT2D eigenvalue weighted by Crippen LogP contribution is 2.68. The quantitative estimate of drug-likeness (QED) is 0.772. The molecule has 0 heterocycles. The van der Waals surface area contributed by atoms with Gasteiger partial charge in [-0.05, 0) is 104 Å². The normalized spacial score (nSPS) is 55.4. The fraction of sp³-hybridized carbons (Fsp3) is 1.00. The molecule has 9 atom stereocenters. The van der Waals surface area contributed by atoms with E-state index >= 15 is 0 Å². The molecule has 4 aliphatic carbocycles. The zero-order valence-electron chi connectivity index (χ0n) is 16.0. The van der Waals surface area contributed by atoms with E-state index in [0.717, 1.165) is 42.4 Å². The Hall–Kier alpha value is -0.0800. The van der Waals surface area contributed by atoms with Gasteiger partial charge >= 0.3 is 0 Å². The van der Waals surface area contributed by atoms with Crippen molar-refractivity contribution in [1.29, 1.82) is 0 Å². The summed E-state index contributed by atoms with van der Waals surface area (Å²) in [6, 6.07) is 0. The zero-order valence-corrected chi connectivity index (χ0v) is 16.0. The van der Waals surface area contributed by atoms with Crippen molar-refractivity contribution in [2.24, 2.45) is 46.3 Å². The van der Waals surface area contributed by atoms with E-state index in [2.05, 4.69) is 20.8 Å². The summed E-state index contributed by atoms with van der Waals surface area (Å²) in [7, 11) is 0. The molecule has 0 aromatic heterocycles. The van der Waals surface area contributed by atoms with E-state index < -0.39 is 0 Å². The lowest BCUT2D eigenvalue weighted by atomic mass is 9.44. The zero-order chi connectivity index (χ0) is 17.1. The van der Waals surface area contributed by atoms with Crippen molar-refractivity contribution in [1.82, 2.24) is 0 Å². The minimum absolute atomic E-state index is 0.0326. The van der Waals surface area contributed by atoms with Gasteiger partial charge in [-0.15, -0.1) is 0 Å². The van der Waals surface area contributed by atoms with Crippen molar-refractivity contribution in [3.8, 4) is 0 Å². The smallest absolute Gasteiger partial charge is 0.0543 e. The molecule has 2 N–H and O–H groups in total. The van der Waals surface area contributed by atoms with Gasteiger partial charge in [0.05, 0.1) is 6.10 Å². The van der Waals surface area contributed by atoms with Gasteiger partial charge in [-0.3, -0.25) is 0 Å². The summed E-state index contributed by atoms with van der Waals surface area (Å²) in [5, 5.41) is 19.9. The van der Waals surface area contributed by atoms with Gasteiger partial charge in [-0.2, -0.15) is 0 Å². The van der Waals surface area contributed by atoms with Gasteiger partial charge in [0.2, 0.25) is 0 Å². The highest BCUT2D eigenvalue weighted by atomic mass is 16.3. The van der Waals surface area contributed by atoms with E-state index in [-0.39, 0.29) is 6.10 Å². The first kappa shape index (κ1) is 17.3. The summed E-state index contributed by atoms with van der Waals surface area (Å²) in [6.07, 6.45) is 11.6. The Morgan fingerprint density at radius 3 is 2.38 bits per heavy atom. The molecule has 0 saturated heterocycles. The maximum Gasteiger partial charge on any atom is 0.0543 e. The van der Waals surface area contributed by atoms with Crippen molar-refractivity contribution in [3.05, 3.63) is 0 Å². The molecule has 0 amide bonds. The second kappa shape index (κ2) is 5.98. The van der Waals surface area contributed by atoms with Crippen LogP contribution in [0.25, 0.3) is 0 Å². The number of hydrogen-bond acceptors (Lipinski definition) is 2. The fourth-order valence-corrected chi connectivity index (χ4v) is 8.34. The number of rotatable bonds is 2. The van der Waals surface area contributed by atoms with Gasteiger partial charge in [0.25, 0.3) is 0 Å². The fourth-order valence-electron chi connectivity index (χ4n) is 8.34. The summed E-state index contributed by atoms with van der Waals surface area (Å²) in [5.74, 6) is 4.65. The first-order valence-electron chi connectivity index (χ1n) is 10.7. The lowest BCUT2D eigenvalue weighted by molar-refractivity contribution is -0.130. The molecule has 4 aliphatic rings. The minimum Gasteiger partial charge on any atom is -0.396 e. The number of aliphatic hydroxyl groups excluding tert-OH is 2. The van der Waals surface area contributed by atoms with Gasteiger partial charge < -0.3 is 10.2 Å². The van der Waals surface area contributed by atoms with Crippen LogP contribution < -0.4 is 0 Å². The van der Waals surface area contributed by atoms with Crippen molar-refractivity contribution in [2.75, 3.05) is 6.61 Å². The van der Waals surface area contributed by atoms with E-state index in [0.29, 0.717) is 23.4 Å². The van der Waals surface area contributed by atoms with E-state index in [4.69, 9.17) is 0 Å². The maximum absolute atomic E-state index is 10.1. The monoisotopic (exact) mass is 334 g/mol. The topological polar surface area (TPSA) is 40.5 Å². The van der Waals surface area contributed by atoms with Crippen LogP contribution in [0.3, 0.4) is 0 Å². The molecule has 24 heavy (non-hydrogen) atoms. The van der Waals surface area contributed by atoms with Gasteiger partial charge in [0, 0.05) is 6.61 Å². The van der Waals surface area contributed by atoms with Crippen LogP contribution >= 0.6 is 0 Å². The minimum atomic E-state index is -0.0326. The average Bonchev–Trinajstić information content (AvgIpc) is 2.92. The molecular formula is C22H38O2. The lowest BCUT2D eigenvalue weighted by Gasteiger charge is -2.61. The lowest BCUT2D eigenvalue weighted by Crippen LogP contribution is -2.54. The molecule has 4 saturated carbocycles. The van der Waals surface area contributed by atoms with Crippen LogP contribution in [-0.4, -0.2) is 22.9 Å². The Labute approximate surface area is 148 Å². The molecule has 0 aromatic rings. The van der Waals surface area contributed by atoms with Gasteiger partial charge in [0.1, 0.15) is 0 Å². The number of fused-ring (bicyclic) bond motifs is 5. The molecule has 3 unspecified atom stereocenters. The Bertz CT molecular complexity index is 477. The molecule has 138 valence electrons. The molecule has 4 fully saturated rings. The summed E-state index contributed by atoms with van der Waals surface area (Å²) in [6.45, 7) is 7.77. The molecule has 0 spiro atoms. The second-order valence-corrected chi connectivity index (χ2v) is 10.5. The summed E-state index contributed by atoms with van der Waals surface area (Å²) < 4.78 is 0. The standard InChI is InChI=1S/C22H38O2/c1-14(13-23)18-6-7-19-17-5-4-15-12-16(24)8-10-21(15,2)20(17)9-11-22(18,19)3/h14-20,23-24H,4-13H2,1-3H3/t14?,15?,16?,17-,18+,19-,20-,21-,22+/m0/s1. The molecule has 4 rings (SSSR count). The Balaban J connectivity index is 1.59. The number of aliphatic hydroxyl groups is 2. The maximum atomic E-state index is 10.1. The second-order valence-electron chi connectivity index (χ2n) is 10.5. The highest BCUT2D eigenvalue weighted by molar-refractivity contribution is 5.09. The van der Waals surface area contributed by atoms with Crippen molar-refractivity contribution in [2.45, 2.75) is 84.7 Å². The van der Waals surface area contributed by atoms with E-state index in [9.17, 15) is 10.2 Å². The Kier molecular flexibility index (Phi) is 4.32. The summed E-state index contributed by atoms with van der Waals surface area (Å²) in [4.78, 5) is 0.